The van der Waals surface area contributed by atoms with Crippen LogP contribution in [0.2, 0.25) is 0 Å². The van der Waals surface area contributed by atoms with Crippen molar-refractivity contribution in [3.05, 3.63) is 0 Å². The van der Waals surface area contributed by atoms with E-state index in [1.807, 2.05) is 0 Å². The van der Waals surface area contributed by atoms with Crippen LogP contribution in [-0.2, 0) is 4.79 Å². The molecule has 0 aliphatic heterocycles. The molecule has 0 saturated heterocycles. The molecule has 1 aliphatic carbocycles. The molecule has 0 bridgehead atoms. The zero-order valence-electron chi connectivity index (χ0n) is 11.4. The molecule has 0 aromatic heterocycles. The van der Waals surface area contributed by atoms with Crippen LogP contribution in [0.1, 0.15) is 45.4 Å². The maximum Gasteiger partial charge on any atom is 0.326 e. The SMILES string of the molecule is CC1CCCC(NC(=O)NC(CCO)C(=O)O)CC1. The van der Waals surface area contributed by atoms with E-state index in [0.29, 0.717) is 5.92 Å². The number of amides is 2. The van der Waals surface area contributed by atoms with Crippen molar-refractivity contribution in [3.8, 4) is 0 Å². The van der Waals surface area contributed by atoms with Crippen molar-refractivity contribution in [3.63, 3.8) is 0 Å². The molecular formula is C13H24N2O4. The standard InChI is InChI=1S/C13H24N2O4/c1-9-3-2-4-10(6-5-9)14-13(19)15-11(7-8-16)12(17)18/h9-11,16H,2-8H2,1H3,(H,17,18)(H2,14,15,19). The van der Waals surface area contributed by atoms with Crippen LogP contribution >= 0.6 is 0 Å². The van der Waals surface area contributed by atoms with Gasteiger partial charge in [0.1, 0.15) is 6.04 Å². The molecule has 4 N–H and O–H groups in total. The van der Waals surface area contributed by atoms with E-state index in [0.717, 1.165) is 25.7 Å². The number of carboxylic acids is 1. The minimum absolute atomic E-state index is 0.0183. The fourth-order valence-electron chi connectivity index (χ4n) is 2.40. The molecule has 19 heavy (non-hydrogen) atoms. The van der Waals surface area contributed by atoms with Crippen LogP contribution in [0.4, 0.5) is 4.79 Å². The number of nitrogens with one attached hydrogen (secondary N) is 2. The topological polar surface area (TPSA) is 98.7 Å². The Balaban J connectivity index is 2.38. The molecule has 1 saturated carbocycles. The number of carbonyl (C=O) groups is 2. The summed E-state index contributed by atoms with van der Waals surface area (Å²) in [7, 11) is 0. The minimum atomic E-state index is -1.13. The summed E-state index contributed by atoms with van der Waals surface area (Å²) in [5, 5.41) is 22.9. The molecule has 3 atom stereocenters. The van der Waals surface area contributed by atoms with Gasteiger partial charge in [-0.1, -0.05) is 19.8 Å². The summed E-state index contributed by atoms with van der Waals surface area (Å²) >= 11 is 0. The number of urea groups is 1. The van der Waals surface area contributed by atoms with Crippen molar-refractivity contribution >= 4 is 12.0 Å². The second-order valence-electron chi connectivity index (χ2n) is 5.33. The van der Waals surface area contributed by atoms with Crippen molar-refractivity contribution in [2.45, 2.75) is 57.5 Å². The molecule has 0 aromatic rings. The lowest BCUT2D eigenvalue weighted by Crippen LogP contribution is -2.49. The molecule has 6 nitrogen and oxygen atoms in total. The highest BCUT2D eigenvalue weighted by Gasteiger charge is 2.22. The average Bonchev–Trinajstić information content (AvgIpc) is 2.54. The molecular weight excluding hydrogens is 248 g/mol. The van der Waals surface area contributed by atoms with E-state index in [9.17, 15) is 9.59 Å². The number of hydrogen-bond acceptors (Lipinski definition) is 3. The molecule has 0 spiro atoms. The predicted molar refractivity (Wildman–Crippen MR) is 70.8 cm³/mol. The Hall–Kier alpha value is -1.30. The number of aliphatic hydroxyl groups is 1. The largest absolute Gasteiger partial charge is 0.480 e. The summed E-state index contributed by atoms with van der Waals surface area (Å²) in [5.41, 5.74) is 0. The first-order valence-corrected chi connectivity index (χ1v) is 6.93. The minimum Gasteiger partial charge on any atom is -0.480 e. The molecule has 2 amide bonds. The molecule has 0 aromatic carbocycles. The van der Waals surface area contributed by atoms with Crippen molar-refractivity contribution < 1.29 is 19.8 Å². The van der Waals surface area contributed by atoms with Crippen LogP contribution in [0.3, 0.4) is 0 Å². The third kappa shape index (κ3) is 5.92. The predicted octanol–water partition coefficient (Wildman–Crippen LogP) is 1.09. The first-order chi connectivity index (χ1) is 9.02. The lowest BCUT2D eigenvalue weighted by atomic mass is 10.0. The van der Waals surface area contributed by atoms with E-state index in [-0.39, 0.29) is 19.1 Å². The monoisotopic (exact) mass is 272 g/mol. The number of hydrogen-bond donors (Lipinski definition) is 4. The van der Waals surface area contributed by atoms with Crippen molar-refractivity contribution in [1.82, 2.24) is 10.6 Å². The lowest BCUT2D eigenvalue weighted by molar-refractivity contribution is -0.139. The zero-order valence-corrected chi connectivity index (χ0v) is 11.4. The Morgan fingerprint density at radius 2 is 2.00 bits per heavy atom. The van der Waals surface area contributed by atoms with E-state index >= 15 is 0 Å². The summed E-state index contributed by atoms with van der Waals surface area (Å²) in [6.07, 6.45) is 5.25. The van der Waals surface area contributed by atoms with Gasteiger partial charge in [0.25, 0.3) is 0 Å². The van der Waals surface area contributed by atoms with Crippen molar-refractivity contribution in [1.29, 1.82) is 0 Å². The smallest absolute Gasteiger partial charge is 0.326 e. The highest BCUT2D eigenvalue weighted by atomic mass is 16.4. The summed E-state index contributed by atoms with van der Waals surface area (Å²) in [4.78, 5) is 22.6. The van der Waals surface area contributed by atoms with E-state index < -0.39 is 18.0 Å². The Labute approximate surface area is 113 Å². The zero-order chi connectivity index (χ0) is 14.3. The van der Waals surface area contributed by atoms with E-state index in [4.69, 9.17) is 10.2 Å². The molecule has 1 rings (SSSR count). The van der Waals surface area contributed by atoms with Crippen molar-refractivity contribution in [2.24, 2.45) is 5.92 Å². The molecule has 0 radical (unpaired) electrons. The van der Waals surface area contributed by atoms with Gasteiger partial charge in [-0.25, -0.2) is 9.59 Å². The maximum absolute atomic E-state index is 11.7. The number of carbonyl (C=O) groups excluding carboxylic acids is 1. The number of rotatable bonds is 5. The average molecular weight is 272 g/mol. The van der Waals surface area contributed by atoms with Crippen LogP contribution in [0.5, 0.6) is 0 Å². The summed E-state index contributed by atoms with van der Waals surface area (Å²) in [6, 6.07) is -1.37. The Morgan fingerprint density at radius 1 is 1.26 bits per heavy atom. The summed E-state index contributed by atoms with van der Waals surface area (Å²) in [6.45, 7) is 1.95. The van der Waals surface area contributed by atoms with E-state index in [1.165, 1.54) is 6.42 Å². The van der Waals surface area contributed by atoms with E-state index in [1.54, 1.807) is 0 Å². The Kier molecular flexibility index (Phi) is 6.62. The van der Waals surface area contributed by atoms with Gasteiger partial charge in [0.15, 0.2) is 0 Å². The first-order valence-electron chi connectivity index (χ1n) is 6.93. The van der Waals surface area contributed by atoms with Gasteiger partial charge < -0.3 is 20.8 Å². The number of aliphatic hydroxyl groups excluding tert-OH is 1. The van der Waals surface area contributed by atoms with E-state index in [2.05, 4.69) is 17.6 Å². The van der Waals surface area contributed by atoms with Crippen LogP contribution in [0, 0.1) is 5.92 Å². The normalized spacial score (nSPS) is 25.2. The molecule has 110 valence electrons. The summed E-state index contributed by atoms with van der Waals surface area (Å²) < 4.78 is 0. The van der Waals surface area contributed by atoms with Crippen LogP contribution < -0.4 is 10.6 Å². The Morgan fingerprint density at radius 3 is 2.63 bits per heavy atom. The fourth-order valence-corrected chi connectivity index (χ4v) is 2.40. The number of aliphatic carboxylic acids is 1. The van der Waals surface area contributed by atoms with Gasteiger partial charge >= 0.3 is 12.0 Å². The van der Waals surface area contributed by atoms with Gasteiger partial charge in [-0.15, -0.1) is 0 Å². The first kappa shape index (κ1) is 15.8. The van der Waals surface area contributed by atoms with Gasteiger partial charge in [-0.3, -0.25) is 0 Å². The second-order valence-corrected chi connectivity index (χ2v) is 5.33. The quantitative estimate of drug-likeness (QED) is 0.563. The number of carboxylic acid groups (broad SMARTS) is 1. The van der Waals surface area contributed by atoms with Crippen molar-refractivity contribution in [2.75, 3.05) is 6.61 Å². The molecule has 1 fully saturated rings. The molecule has 0 heterocycles. The van der Waals surface area contributed by atoms with Gasteiger partial charge in [0.05, 0.1) is 0 Å². The third-order valence-corrected chi connectivity index (χ3v) is 3.61. The summed E-state index contributed by atoms with van der Waals surface area (Å²) in [5.74, 6) is -0.435. The highest BCUT2D eigenvalue weighted by Crippen LogP contribution is 2.22. The molecule has 3 unspecified atom stereocenters. The van der Waals surface area contributed by atoms with Gasteiger partial charge in [-0.05, 0) is 25.2 Å². The van der Waals surface area contributed by atoms with Gasteiger partial charge in [0.2, 0.25) is 0 Å². The lowest BCUT2D eigenvalue weighted by Gasteiger charge is -2.19. The third-order valence-electron chi connectivity index (χ3n) is 3.61. The molecule has 1 aliphatic rings. The van der Waals surface area contributed by atoms with Crippen LogP contribution in [0.25, 0.3) is 0 Å². The maximum atomic E-state index is 11.7. The van der Waals surface area contributed by atoms with Gasteiger partial charge in [-0.2, -0.15) is 0 Å². The Bertz CT molecular complexity index is 309. The molecule has 6 heteroatoms. The second kappa shape index (κ2) is 7.99. The highest BCUT2D eigenvalue weighted by molar-refractivity contribution is 5.82. The van der Waals surface area contributed by atoms with Gasteiger partial charge in [0, 0.05) is 19.1 Å². The van der Waals surface area contributed by atoms with Crippen LogP contribution in [-0.4, -0.2) is 40.9 Å². The fraction of sp³-hybridized carbons (Fsp3) is 0.846. The van der Waals surface area contributed by atoms with Crippen LogP contribution in [0.15, 0.2) is 0 Å².